The molecule has 2 aromatic rings. The van der Waals surface area contributed by atoms with Gasteiger partial charge >= 0.3 is 0 Å². The number of fused-ring (bicyclic) bond motifs is 2. The summed E-state index contributed by atoms with van der Waals surface area (Å²) in [5.74, 6) is 1.93. The van der Waals surface area contributed by atoms with Crippen LogP contribution in [0.5, 0.6) is 0 Å². The maximum Gasteiger partial charge on any atom is 0.134 e. The fourth-order valence-corrected chi connectivity index (χ4v) is 3.64. The maximum atomic E-state index is 6.25. The van der Waals surface area contributed by atoms with Gasteiger partial charge in [-0.25, -0.2) is 0 Å². The molecule has 1 aromatic carbocycles. The number of hydrogen-bond donors (Lipinski definition) is 1. The Hall–Kier alpha value is -1.28. The molecule has 2 aliphatic rings. The van der Waals surface area contributed by atoms with Gasteiger partial charge in [0.15, 0.2) is 0 Å². The number of aryl methyl sites for hydroxylation is 2. The summed E-state index contributed by atoms with van der Waals surface area (Å²) in [5, 5.41) is 4.92. The first-order valence-electron chi connectivity index (χ1n) is 8.53. The second-order valence-electron chi connectivity index (χ2n) is 7.07. The Morgan fingerprint density at radius 3 is 2.52 bits per heavy atom. The molecular formula is C19H25NO. The molecule has 4 rings (SSSR count). The Labute approximate surface area is 126 Å². The molecule has 0 unspecified atom stereocenters. The molecule has 1 N–H and O–H groups in total. The number of hydrogen-bond acceptors (Lipinski definition) is 2. The highest BCUT2D eigenvalue weighted by Crippen LogP contribution is 2.47. The van der Waals surface area contributed by atoms with Crippen LogP contribution in [0.25, 0.3) is 11.0 Å². The van der Waals surface area contributed by atoms with Gasteiger partial charge in [-0.2, -0.15) is 0 Å². The second kappa shape index (κ2) is 5.17. The largest absolute Gasteiger partial charge is 0.459 e. The van der Waals surface area contributed by atoms with Gasteiger partial charge in [0.25, 0.3) is 0 Å². The van der Waals surface area contributed by atoms with E-state index in [1.54, 1.807) is 5.56 Å². The first kappa shape index (κ1) is 13.4. The summed E-state index contributed by atoms with van der Waals surface area (Å²) < 4.78 is 6.25. The molecule has 0 bridgehead atoms. The first-order valence-corrected chi connectivity index (χ1v) is 8.53. The molecule has 21 heavy (non-hydrogen) atoms. The van der Waals surface area contributed by atoms with E-state index >= 15 is 0 Å². The molecule has 1 heterocycles. The van der Waals surface area contributed by atoms with E-state index in [9.17, 15) is 0 Å². The molecule has 1 fully saturated rings. The SMILES string of the molecule is CC(C)NCc1oc2cc3c(cc2c1C1CC1)CCCC3. The summed E-state index contributed by atoms with van der Waals surface area (Å²) in [7, 11) is 0. The Balaban J connectivity index is 1.79. The molecule has 2 nitrogen and oxygen atoms in total. The summed E-state index contributed by atoms with van der Waals surface area (Å²) in [6, 6.07) is 5.27. The fourth-order valence-electron chi connectivity index (χ4n) is 3.64. The molecule has 2 heteroatoms. The van der Waals surface area contributed by atoms with Crippen molar-refractivity contribution in [3.8, 4) is 0 Å². The number of rotatable bonds is 4. The van der Waals surface area contributed by atoms with Crippen LogP contribution in [0.4, 0.5) is 0 Å². The lowest BCUT2D eigenvalue weighted by atomic mass is 9.90. The van der Waals surface area contributed by atoms with E-state index in [-0.39, 0.29) is 0 Å². The minimum absolute atomic E-state index is 0.499. The third-order valence-corrected chi connectivity index (χ3v) is 4.92. The van der Waals surface area contributed by atoms with E-state index in [2.05, 4.69) is 31.3 Å². The predicted molar refractivity (Wildman–Crippen MR) is 86.8 cm³/mol. The van der Waals surface area contributed by atoms with Crippen molar-refractivity contribution in [3.05, 3.63) is 34.6 Å². The van der Waals surface area contributed by atoms with Gasteiger partial charge in [0.1, 0.15) is 11.3 Å². The first-order chi connectivity index (χ1) is 10.2. The third-order valence-electron chi connectivity index (χ3n) is 4.92. The van der Waals surface area contributed by atoms with Crippen molar-refractivity contribution >= 4 is 11.0 Å². The molecule has 0 amide bonds. The zero-order chi connectivity index (χ0) is 14.4. The van der Waals surface area contributed by atoms with E-state index in [0.29, 0.717) is 6.04 Å². The number of furan rings is 1. The quantitative estimate of drug-likeness (QED) is 0.880. The molecule has 0 atom stereocenters. The van der Waals surface area contributed by atoms with Gasteiger partial charge in [0.2, 0.25) is 0 Å². The van der Waals surface area contributed by atoms with Gasteiger partial charge in [-0.05, 0) is 67.7 Å². The zero-order valence-corrected chi connectivity index (χ0v) is 13.2. The summed E-state index contributed by atoms with van der Waals surface area (Å²) in [6.07, 6.45) is 7.82. The Bertz CT molecular complexity index is 664. The molecule has 1 saturated carbocycles. The van der Waals surface area contributed by atoms with Crippen LogP contribution in [0.1, 0.15) is 67.9 Å². The van der Waals surface area contributed by atoms with Crippen molar-refractivity contribution in [3.63, 3.8) is 0 Å². The zero-order valence-electron chi connectivity index (χ0n) is 13.2. The number of benzene rings is 1. The smallest absolute Gasteiger partial charge is 0.134 e. The van der Waals surface area contributed by atoms with E-state index in [1.165, 1.54) is 60.8 Å². The second-order valence-corrected chi connectivity index (χ2v) is 7.07. The van der Waals surface area contributed by atoms with Crippen LogP contribution in [-0.4, -0.2) is 6.04 Å². The van der Waals surface area contributed by atoms with Crippen molar-refractivity contribution in [2.45, 2.75) is 70.9 Å². The van der Waals surface area contributed by atoms with Crippen LogP contribution < -0.4 is 5.32 Å². The van der Waals surface area contributed by atoms with Crippen molar-refractivity contribution in [2.75, 3.05) is 0 Å². The van der Waals surface area contributed by atoms with Crippen LogP contribution in [0.2, 0.25) is 0 Å². The number of nitrogens with one attached hydrogen (secondary N) is 1. The Kier molecular flexibility index (Phi) is 3.30. The van der Waals surface area contributed by atoms with Gasteiger partial charge in [0.05, 0.1) is 6.54 Å². The fraction of sp³-hybridized carbons (Fsp3) is 0.579. The topological polar surface area (TPSA) is 25.2 Å². The Morgan fingerprint density at radius 2 is 1.86 bits per heavy atom. The molecule has 1 aromatic heterocycles. The van der Waals surface area contributed by atoms with Crippen LogP contribution in [0.15, 0.2) is 16.5 Å². The van der Waals surface area contributed by atoms with Gasteiger partial charge < -0.3 is 9.73 Å². The minimum Gasteiger partial charge on any atom is -0.459 e. The average Bonchev–Trinajstić information content (AvgIpc) is 3.24. The lowest BCUT2D eigenvalue weighted by molar-refractivity contribution is 0.483. The normalized spacial score (nSPS) is 18.4. The minimum atomic E-state index is 0.499. The van der Waals surface area contributed by atoms with Gasteiger partial charge in [-0.3, -0.25) is 0 Å². The van der Waals surface area contributed by atoms with Crippen LogP contribution >= 0.6 is 0 Å². The van der Waals surface area contributed by atoms with E-state index < -0.39 is 0 Å². The van der Waals surface area contributed by atoms with Gasteiger partial charge in [-0.1, -0.05) is 13.8 Å². The van der Waals surface area contributed by atoms with Crippen LogP contribution in [0, 0.1) is 0 Å². The van der Waals surface area contributed by atoms with Gasteiger partial charge in [-0.15, -0.1) is 0 Å². The van der Waals surface area contributed by atoms with Crippen molar-refractivity contribution in [1.29, 1.82) is 0 Å². The van der Waals surface area contributed by atoms with Crippen molar-refractivity contribution in [2.24, 2.45) is 0 Å². The van der Waals surface area contributed by atoms with Crippen molar-refractivity contribution < 1.29 is 4.42 Å². The molecular weight excluding hydrogens is 258 g/mol. The maximum absolute atomic E-state index is 6.25. The summed E-state index contributed by atoms with van der Waals surface area (Å²) in [6.45, 7) is 5.25. The molecule has 0 saturated heterocycles. The van der Waals surface area contributed by atoms with E-state index in [1.807, 2.05) is 0 Å². The molecule has 112 valence electrons. The van der Waals surface area contributed by atoms with E-state index in [0.717, 1.165) is 18.0 Å². The summed E-state index contributed by atoms with van der Waals surface area (Å²) in [4.78, 5) is 0. The lowest BCUT2D eigenvalue weighted by Gasteiger charge is -2.15. The lowest BCUT2D eigenvalue weighted by Crippen LogP contribution is -2.22. The van der Waals surface area contributed by atoms with Crippen molar-refractivity contribution in [1.82, 2.24) is 5.32 Å². The van der Waals surface area contributed by atoms with Gasteiger partial charge in [0, 0.05) is 17.0 Å². The molecule has 0 radical (unpaired) electrons. The highest BCUT2D eigenvalue weighted by molar-refractivity contribution is 5.85. The monoisotopic (exact) mass is 283 g/mol. The highest BCUT2D eigenvalue weighted by atomic mass is 16.3. The molecule has 0 spiro atoms. The highest BCUT2D eigenvalue weighted by Gasteiger charge is 2.31. The molecule has 2 aliphatic carbocycles. The molecule has 0 aliphatic heterocycles. The third kappa shape index (κ3) is 2.50. The predicted octanol–water partition coefficient (Wildman–Crippen LogP) is 4.69. The standard InChI is InChI=1S/C19H25NO/c1-12(2)20-11-18-19(13-7-8-13)16-9-14-5-3-4-6-15(14)10-17(16)21-18/h9-10,12-13,20H,3-8,11H2,1-2H3. The van der Waals surface area contributed by atoms with E-state index in [4.69, 9.17) is 4.42 Å². The Morgan fingerprint density at radius 1 is 1.14 bits per heavy atom. The summed E-state index contributed by atoms with van der Waals surface area (Å²) >= 11 is 0. The van der Waals surface area contributed by atoms with Crippen LogP contribution in [-0.2, 0) is 19.4 Å². The summed E-state index contributed by atoms with van der Waals surface area (Å²) in [5.41, 5.74) is 5.72. The average molecular weight is 283 g/mol. The van der Waals surface area contributed by atoms with Crippen LogP contribution in [0.3, 0.4) is 0 Å².